The molecule has 0 aliphatic carbocycles. The minimum Gasteiger partial charge on any atom is -0.494 e. The fourth-order valence-electron chi connectivity index (χ4n) is 4.30. The quantitative estimate of drug-likeness (QED) is 0.350. The fourth-order valence-corrected chi connectivity index (χ4v) is 5.85. The van der Waals surface area contributed by atoms with Gasteiger partial charge < -0.3 is 19.9 Å². The second-order valence-corrected chi connectivity index (χ2v) is 11.9. The first-order chi connectivity index (χ1) is 19.5. The molecule has 0 fully saturated rings. The summed E-state index contributed by atoms with van der Waals surface area (Å²) in [4.78, 5) is 11.4. The van der Waals surface area contributed by atoms with Crippen LogP contribution in [0.2, 0.25) is 0 Å². The third-order valence-electron chi connectivity index (χ3n) is 6.48. The van der Waals surface area contributed by atoms with Crippen molar-refractivity contribution in [1.82, 2.24) is 5.32 Å². The number of nitrogens with zero attached hydrogens (tertiary/aromatic N) is 1. The number of carbonyl (C=O) groups excluding carboxylic acids is 1. The zero-order chi connectivity index (χ0) is 31.0. The second-order valence-electron chi connectivity index (χ2n) is 10.1. The van der Waals surface area contributed by atoms with E-state index in [9.17, 15) is 35.9 Å². The standard InChI is InChI=1S/C28H27F5N2O6S/c1-27(2,37)26(36)34-10-9-19-15-35(42(38,39)20-6-4-5-17(12-20)28(31,32)33)22-11-16(7-8-23(22)41-19)21-13-18(29)14-24(40-3)25(21)30/h4-8,11-14,19,37H,9-10,15H2,1-3H3,(H,34,36)/t19-/m0/s1. The van der Waals surface area contributed by atoms with Gasteiger partial charge in [-0.15, -0.1) is 0 Å². The lowest BCUT2D eigenvalue weighted by Gasteiger charge is -2.36. The first-order valence-corrected chi connectivity index (χ1v) is 14.0. The molecule has 3 aromatic rings. The van der Waals surface area contributed by atoms with E-state index in [1.807, 2.05) is 0 Å². The molecular formula is C28H27F5N2O6S. The van der Waals surface area contributed by atoms with Crippen LogP contribution >= 0.6 is 0 Å². The molecule has 1 amide bonds. The Morgan fingerprint density at radius 2 is 1.83 bits per heavy atom. The smallest absolute Gasteiger partial charge is 0.416 e. The Kier molecular flexibility index (Phi) is 8.43. The van der Waals surface area contributed by atoms with Gasteiger partial charge in [-0.2, -0.15) is 13.2 Å². The van der Waals surface area contributed by atoms with E-state index in [0.29, 0.717) is 6.07 Å². The molecule has 1 aliphatic heterocycles. The van der Waals surface area contributed by atoms with Gasteiger partial charge in [0, 0.05) is 24.6 Å². The maximum absolute atomic E-state index is 15.1. The second kappa shape index (κ2) is 11.4. The Labute approximate surface area is 238 Å². The average Bonchev–Trinajstić information content (AvgIpc) is 2.92. The predicted octanol–water partition coefficient (Wildman–Crippen LogP) is 4.89. The molecule has 8 nitrogen and oxygen atoms in total. The molecule has 0 radical (unpaired) electrons. The lowest BCUT2D eigenvalue weighted by atomic mass is 10.0. The van der Waals surface area contributed by atoms with Gasteiger partial charge in [0.25, 0.3) is 15.9 Å². The van der Waals surface area contributed by atoms with Crippen LogP contribution in [0, 0.1) is 11.6 Å². The lowest BCUT2D eigenvalue weighted by molar-refractivity contribution is -0.138. The monoisotopic (exact) mass is 614 g/mol. The molecule has 1 heterocycles. The predicted molar refractivity (Wildman–Crippen MR) is 143 cm³/mol. The Morgan fingerprint density at radius 1 is 1.12 bits per heavy atom. The zero-order valence-electron chi connectivity index (χ0n) is 22.6. The van der Waals surface area contributed by atoms with Crippen LogP contribution < -0.4 is 19.1 Å². The van der Waals surface area contributed by atoms with E-state index in [1.54, 1.807) is 0 Å². The number of amides is 1. The van der Waals surface area contributed by atoms with Crippen LogP contribution in [0.3, 0.4) is 0 Å². The number of benzene rings is 3. The number of aliphatic hydroxyl groups is 1. The van der Waals surface area contributed by atoms with Crippen LogP contribution in [0.5, 0.6) is 11.5 Å². The molecule has 0 saturated heterocycles. The number of carbonyl (C=O) groups is 1. The van der Waals surface area contributed by atoms with Gasteiger partial charge in [0.05, 0.1) is 29.8 Å². The van der Waals surface area contributed by atoms with Crippen molar-refractivity contribution in [3.8, 4) is 22.6 Å². The maximum atomic E-state index is 15.1. The number of sulfonamides is 1. The van der Waals surface area contributed by atoms with Crippen LogP contribution in [0.4, 0.5) is 27.6 Å². The summed E-state index contributed by atoms with van der Waals surface area (Å²) in [7, 11) is -3.50. The average molecular weight is 615 g/mol. The molecule has 4 rings (SSSR count). The summed E-state index contributed by atoms with van der Waals surface area (Å²) in [6.07, 6.45) is -5.62. The van der Waals surface area contributed by atoms with E-state index < -0.39 is 55.9 Å². The summed E-state index contributed by atoms with van der Waals surface area (Å²) >= 11 is 0. The minimum absolute atomic E-state index is 0.00291. The topological polar surface area (TPSA) is 105 Å². The van der Waals surface area contributed by atoms with E-state index in [1.165, 1.54) is 32.0 Å². The molecule has 1 aliphatic rings. The number of ether oxygens (including phenoxy) is 2. The molecule has 0 spiro atoms. The molecule has 42 heavy (non-hydrogen) atoms. The molecule has 0 unspecified atom stereocenters. The number of anilines is 1. The third kappa shape index (κ3) is 6.44. The summed E-state index contributed by atoms with van der Waals surface area (Å²) in [6.45, 7) is 2.16. The molecule has 0 saturated carbocycles. The van der Waals surface area contributed by atoms with Crippen molar-refractivity contribution in [2.75, 3.05) is 24.5 Å². The van der Waals surface area contributed by atoms with Gasteiger partial charge in [-0.25, -0.2) is 17.2 Å². The Bertz CT molecular complexity index is 1610. The van der Waals surface area contributed by atoms with Gasteiger partial charge in [-0.1, -0.05) is 12.1 Å². The molecular weight excluding hydrogens is 587 g/mol. The highest BCUT2D eigenvalue weighted by Crippen LogP contribution is 2.42. The maximum Gasteiger partial charge on any atom is 0.416 e. The van der Waals surface area contributed by atoms with Crippen molar-refractivity contribution in [3.05, 3.63) is 71.8 Å². The number of fused-ring (bicyclic) bond motifs is 1. The largest absolute Gasteiger partial charge is 0.494 e. The Balaban J connectivity index is 1.78. The van der Waals surface area contributed by atoms with Crippen LogP contribution in [0.25, 0.3) is 11.1 Å². The number of nitrogens with one attached hydrogen (secondary N) is 1. The molecule has 226 valence electrons. The number of alkyl halides is 3. The van der Waals surface area contributed by atoms with Crippen LogP contribution in [-0.2, 0) is 21.0 Å². The summed E-state index contributed by atoms with van der Waals surface area (Å²) < 4.78 is 109. The highest BCUT2D eigenvalue weighted by Gasteiger charge is 2.37. The van der Waals surface area contributed by atoms with Gasteiger partial charge in [0.15, 0.2) is 11.6 Å². The van der Waals surface area contributed by atoms with Crippen molar-refractivity contribution in [3.63, 3.8) is 0 Å². The SMILES string of the molecule is COc1cc(F)cc(-c2ccc3c(c2)N(S(=O)(=O)c2cccc(C(F)(F)F)c2)C[C@H](CCNC(=O)C(C)(C)O)O3)c1F. The molecule has 3 aromatic carbocycles. The van der Waals surface area contributed by atoms with E-state index in [2.05, 4.69) is 5.32 Å². The number of hydrogen-bond donors (Lipinski definition) is 2. The van der Waals surface area contributed by atoms with Gasteiger partial charge in [0.2, 0.25) is 0 Å². The summed E-state index contributed by atoms with van der Waals surface area (Å²) in [6, 6.07) is 8.87. The zero-order valence-corrected chi connectivity index (χ0v) is 23.4. The molecule has 0 aromatic heterocycles. The normalized spacial score (nSPS) is 15.5. The van der Waals surface area contributed by atoms with Gasteiger partial charge >= 0.3 is 6.18 Å². The lowest BCUT2D eigenvalue weighted by Crippen LogP contribution is -2.46. The van der Waals surface area contributed by atoms with E-state index in [0.717, 1.165) is 41.7 Å². The van der Waals surface area contributed by atoms with E-state index in [-0.39, 0.29) is 47.8 Å². The summed E-state index contributed by atoms with van der Waals surface area (Å²) in [5, 5.41) is 12.3. The highest BCUT2D eigenvalue weighted by molar-refractivity contribution is 7.92. The van der Waals surface area contributed by atoms with Crippen molar-refractivity contribution < 1.29 is 49.7 Å². The third-order valence-corrected chi connectivity index (χ3v) is 8.26. The van der Waals surface area contributed by atoms with Crippen molar-refractivity contribution in [1.29, 1.82) is 0 Å². The minimum atomic E-state index is -4.81. The van der Waals surface area contributed by atoms with E-state index >= 15 is 4.39 Å². The van der Waals surface area contributed by atoms with Crippen molar-refractivity contribution >= 4 is 21.6 Å². The van der Waals surface area contributed by atoms with Crippen molar-refractivity contribution in [2.45, 2.75) is 43.0 Å². The number of methoxy groups -OCH3 is 1. The van der Waals surface area contributed by atoms with Crippen LogP contribution in [0.1, 0.15) is 25.8 Å². The van der Waals surface area contributed by atoms with Crippen LogP contribution in [-0.4, -0.2) is 51.3 Å². The molecule has 0 bridgehead atoms. The van der Waals surface area contributed by atoms with E-state index in [4.69, 9.17) is 9.47 Å². The molecule has 1 atom stereocenters. The van der Waals surface area contributed by atoms with Crippen LogP contribution in [0.15, 0.2) is 59.5 Å². The Hall–Kier alpha value is -3.91. The Morgan fingerprint density at radius 3 is 2.48 bits per heavy atom. The number of hydrogen-bond acceptors (Lipinski definition) is 6. The summed E-state index contributed by atoms with van der Waals surface area (Å²) in [5.41, 5.74) is -3.16. The molecule has 2 N–H and O–H groups in total. The fraction of sp³-hybridized carbons (Fsp3) is 0.321. The van der Waals surface area contributed by atoms with Gasteiger partial charge in [-0.3, -0.25) is 9.10 Å². The highest BCUT2D eigenvalue weighted by atomic mass is 32.2. The first kappa shape index (κ1) is 31.0. The van der Waals surface area contributed by atoms with Gasteiger partial charge in [0.1, 0.15) is 23.3 Å². The molecule has 14 heteroatoms. The summed E-state index contributed by atoms with van der Waals surface area (Å²) in [5.74, 6) is -2.80. The number of rotatable bonds is 8. The van der Waals surface area contributed by atoms with Crippen molar-refractivity contribution in [2.24, 2.45) is 0 Å². The number of halogens is 5. The van der Waals surface area contributed by atoms with Gasteiger partial charge in [-0.05, 0) is 55.8 Å². The first-order valence-electron chi connectivity index (χ1n) is 12.6.